The molecule has 1 aliphatic heterocycles. The lowest BCUT2D eigenvalue weighted by Gasteiger charge is -2.18. The van der Waals surface area contributed by atoms with E-state index in [9.17, 15) is 18.8 Å². The number of aryl methyl sites for hydroxylation is 2. The molecule has 0 bridgehead atoms. The number of halogens is 1. The first kappa shape index (κ1) is 12.2. The van der Waals surface area contributed by atoms with Crippen LogP contribution in [0.3, 0.4) is 0 Å². The summed E-state index contributed by atoms with van der Waals surface area (Å²) in [6.07, 6.45) is -2.55. The minimum atomic E-state index is -2.55. The van der Waals surface area contributed by atoms with Crippen LogP contribution >= 0.6 is 0 Å². The third-order valence-electron chi connectivity index (χ3n) is 2.79. The fourth-order valence-corrected chi connectivity index (χ4v) is 2.09. The van der Waals surface area contributed by atoms with Crippen molar-refractivity contribution in [2.24, 2.45) is 0 Å². The first-order valence-electron chi connectivity index (χ1n) is 5.20. The predicted octanol–water partition coefficient (Wildman–Crippen LogP) is 1.21. The highest BCUT2D eigenvalue weighted by Crippen LogP contribution is 2.34. The van der Waals surface area contributed by atoms with Crippen molar-refractivity contribution >= 4 is 23.3 Å². The maximum absolute atomic E-state index is 13.5. The first-order chi connectivity index (χ1) is 8.34. The number of benzene rings is 1. The molecule has 5 nitrogen and oxygen atoms in total. The highest BCUT2D eigenvalue weighted by atomic mass is 19.1. The molecule has 0 fully saturated rings. The van der Waals surface area contributed by atoms with E-state index in [1.165, 1.54) is 6.07 Å². The maximum atomic E-state index is 13.5. The van der Waals surface area contributed by atoms with Gasteiger partial charge in [0.2, 0.25) is 0 Å². The lowest BCUT2D eigenvalue weighted by Crippen LogP contribution is -2.41. The molecule has 1 N–H and O–H groups in total. The standard InChI is InChI=1S/C12H10FNO4/c1-5-3-6(2)8-7(4-5)14(10(13)12(17)18)11(16)9(8)15/h3-4,10H,1-2H3,(H,17,18). The van der Waals surface area contributed by atoms with Gasteiger partial charge in [-0.05, 0) is 31.0 Å². The third kappa shape index (κ3) is 1.57. The van der Waals surface area contributed by atoms with E-state index in [4.69, 9.17) is 5.11 Å². The van der Waals surface area contributed by atoms with E-state index in [0.717, 1.165) is 5.56 Å². The number of carbonyl (C=O) groups is 3. The number of amides is 1. The molecule has 1 unspecified atom stereocenters. The molecule has 0 saturated carbocycles. The second-order valence-corrected chi connectivity index (χ2v) is 4.15. The Morgan fingerprint density at radius 3 is 2.50 bits per heavy atom. The van der Waals surface area contributed by atoms with Crippen molar-refractivity contribution in [1.82, 2.24) is 0 Å². The summed E-state index contributed by atoms with van der Waals surface area (Å²) in [7, 11) is 0. The lowest BCUT2D eigenvalue weighted by atomic mass is 10.0. The topological polar surface area (TPSA) is 74.7 Å². The molecular weight excluding hydrogens is 241 g/mol. The van der Waals surface area contributed by atoms with Crippen LogP contribution in [0.15, 0.2) is 12.1 Å². The molecule has 0 saturated heterocycles. The minimum absolute atomic E-state index is 0.0254. The summed E-state index contributed by atoms with van der Waals surface area (Å²) in [5.74, 6) is -3.82. The molecule has 6 heteroatoms. The van der Waals surface area contributed by atoms with Crippen LogP contribution < -0.4 is 4.90 Å². The van der Waals surface area contributed by atoms with Gasteiger partial charge in [-0.25, -0.2) is 9.18 Å². The zero-order valence-corrected chi connectivity index (χ0v) is 9.73. The highest BCUT2D eigenvalue weighted by Gasteiger charge is 2.43. The van der Waals surface area contributed by atoms with Crippen LogP contribution in [0.4, 0.5) is 10.1 Å². The molecule has 1 heterocycles. The first-order valence-corrected chi connectivity index (χ1v) is 5.20. The van der Waals surface area contributed by atoms with Crippen molar-refractivity contribution in [3.05, 3.63) is 28.8 Å². The Balaban J connectivity index is 2.65. The summed E-state index contributed by atoms with van der Waals surface area (Å²) in [4.78, 5) is 34.4. The van der Waals surface area contributed by atoms with Crippen LogP contribution in [-0.4, -0.2) is 29.1 Å². The van der Waals surface area contributed by atoms with Gasteiger partial charge in [-0.3, -0.25) is 14.5 Å². The zero-order chi connectivity index (χ0) is 13.6. The number of Topliss-reactive ketones (excluding diaryl/α,β-unsaturated/α-hetero) is 1. The van der Waals surface area contributed by atoms with Crippen molar-refractivity contribution in [3.8, 4) is 0 Å². The fraction of sp³-hybridized carbons (Fsp3) is 0.250. The van der Waals surface area contributed by atoms with E-state index < -0.39 is 24.0 Å². The molecule has 2 rings (SSSR count). The van der Waals surface area contributed by atoms with Crippen molar-refractivity contribution < 1.29 is 23.9 Å². The highest BCUT2D eigenvalue weighted by molar-refractivity contribution is 6.53. The van der Waals surface area contributed by atoms with E-state index in [1.807, 2.05) is 0 Å². The summed E-state index contributed by atoms with van der Waals surface area (Å²) in [6, 6.07) is 3.11. The number of aliphatic carboxylic acids is 1. The predicted molar refractivity (Wildman–Crippen MR) is 60.3 cm³/mol. The second-order valence-electron chi connectivity index (χ2n) is 4.15. The van der Waals surface area contributed by atoms with Crippen molar-refractivity contribution in [2.45, 2.75) is 20.1 Å². The summed E-state index contributed by atoms with van der Waals surface area (Å²) in [5.41, 5.74) is 1.35. The Bertz CT molecular complexity index is 582. The summed E-state index contributed by atoms with van der Waals surface area (Å²) in [6.45, 7) is 3.33. The molecule has 1 aromatic rings. The monoisotopic (exact) mass is 251 g/mol. The number of carbonyl (C=O) groups excluding carboxylic acids is 2. The number of fused-ring (bicyclic) bond motifs is 1. The van der Waals surface area contributed by atoms with E-state index >= 15 is 0 Å². The molecule has 1 aliphatic rings. The number of alkyl halides is 1. The summed E-state index contributed by atoms with van der Waals surface area (Å²) in [5, 5.41) is 8.63. The van der Waals surface area contributed by atoms with Crippen molar-refractivity contribution in [3.63, 3.8) is 0 Å². The summed E-state index contributed by atoms with van der Waals surface area (Å²) < 4.78 is 13.5. The van der Waals surface area contributed by atoms with Gasteiger partial charge in [0.1, 0.15) is 0 Å². The van der Waals surface area contributed by atoms with Crippen LogP contribution in [0.5, 0.6) is 0 Å². The number of carboxylic acid groups (broad SMARTS) is 1. The van der Waals surface area contributed by atoms with Gasteiger partial charge in [-0.2, -0.15) is 0 Å². The Morgan fingerprint density at radius 2 is 1.94 bits per heavy atom. The molecule has 0 radical (unpaired) electrons. The maximum Gasteiger partial charge on any atom is 0.360 e. The van der Waals surface area contributed by atoms with E-state index in [1.54, 1.807) is 19.9 Å². The van der Waals surface area contributed by atoms with Gasteiger partial charge in [0.15, 0.2) is 0 Å². The van der Waals surface area contributed by atoms with Crippen LogP contribution in [0, 0.1) is 13.8 Å². The van der Waals surface area contributed by atoms with Crippen molar-refractivity contribution in [2.75, 3.05) is 4.90 Å². The molecule has 0 aromatic heterocycles. The summed E-state index contributed by atoms with van der Waals surface area (Å²) >= 11 is 0. The zero-order valence-electron chi connectivity index (χ0n) is 9.73. The van der Waals surface area contributed by atoms with Gasteiger partial charge in [-0.1, -0.05) is 6.07 Å². The van der Waals surface area contributed by atoms with E-state index in [2.05, 4.69) is 0 Å². The molecule has 0 spiro atoms. The number of nitrogens with zero attached hydrogens (tertiary/aromatic N) is 1. The molecule has 1 atom stereocenters. The average molecular weight is 251 g/mol. The number of hydrogen-bond acceptors (Lipinski definition) is 3. The van der Waals surface area contributed by atoms with Crippen LogP contribution in [0.25, 0.3) is 0 Å². The Kier molecular flexibility index (Phi) is 2.65. The Labute approximate surface area is 102 Å². The van der Waals surface area contributed by atoms with Crippen LogP contribution in [0.1, 0.15) is 21.5 Å². The Morgan fingerprint density at radius 1 is 1.33 bits per heavy atom. The van der Waals surface area contributed by atoms with Gasteiger partial charge in [-0.15, -0.1) is 0 Å². The number of rotatable bonds is 2. The largest absolute Gasteiger partial charge is 0.478 e. The number of carboxylic acids is 1. The number of hydrogen-bond donors (Lipinski definition) is 1. The molecule has 1 aromatic carbocycles. The van der Waals surface area contributed by atoms with Crippen LogP contribution in [-0.2, 0) is 9.59 Å². The molecular formula is C12H10FNO4. The van der Waals surface area contributed by atoms with Gasteiger partial charge in [0, 0.05) is 0 Å². The fourth-order valence-electron chi connectivity index (χ4n) is 2.09. The minimum Gasteiger partial charge on any atom is -0.478 e. The SMILES string of the molecule is Cc1cc(C)c2c(c1)N(C(F)C(=O)O)C(=O)C2=O. The van der Waals surface area contributed by atoms with Gasteiger partial charge in [0.25, 0.3) is 12.1 Å². The second kappa shape index (κ2) is 3.90. The quantitative estimate of drug-likeness (QED) is 0.633. The molecule has 0 aliphatic carbocycles. The normalized spacial score (nSPS) is 15.8. The smallest absolute Gasteiger partial charge is 0.360 e. The molecule has 18 heavy (non-hydrogen) atoms. The average Bonchev–Trinajstić information content (AvgIpc) is 2.50. The van der Waals surface area contributed by atoms with E-state index in [-0.39, 0.29) is 11.3 Å². The van der Waals surface area contributed by atoms with E-state index in [0.29, 0.717) is 10.5 Å². The number of anilines is 1. The lowest BCUT2D eigenvalue weighted by molar-refractivity contribution is -0.144. The van der Waals surface area contributed by atoms with Gasteiger partial charge < -0.3 is 5.11 Å². The molecule has 94 valence electrons. The van der Waals surface area contributed by atoms with Crippen LogP contribution in [0.2, 0.25) is 0 Å². The van der Waals surface area contributed by atoms with Gasteiger partial charge >= 0.3 is 11.9 Å². The third-order valence-corrected chi connectivity index (χ3v) is 2.79. The van der Waals surface area contributed by atoms with Crippen molar-refractivity contribution in [1.29, 1.82) is 0 Å². The Hall–Kier alpha value is -2.24. The number of ketones is 1. The molecule has 1 amide bonds. The van der Waals surface area contributed by atoms with Gasteiger partial charge in [0.05, 0.1) is 11.3 Å².